The third-order valence-corrected chi connectivity index (χ3v) is 4.85. The first-order valence-electron chi connectivity index (χ1n) is 7.03. The molecule has 1 aliphatic heterocycles. The molecule has 0 saturated carbocycles. The summed E-state index contributed by atoms with van der Waals surface area (Å²) in [6.45, 7) is 0. The molecule has 0 bridgehead atoms. The molecule has 0 atom stereocenters. The molecule has 3 aromatic carbocycles. The van der Waals surface area contributed by atoms with Crippen molar-refractivity contribution >= 4 is 23.1 Å². The Morgan fingerprint density at radius 1 is 0.818 bits per heavy atom. The van der Waals surface area contributed by atoms with Crippen molar-refractivity contribution in [3.05, 3.63) is 72.3 Å². The molecule has 1 aliphatic rings. The molecule has 0 fully saturated rings. The van der Waals surface area contributed by atoms with Gasteiger partial charge in [0.15, 0.2) is 0 Å². The third-order valence-electron chi connectivity index (χ3n) is 3.72. The molecule has 104 valence electrons. The van der Waals surface area contributed by atoms with Gasteiger partial charge in [-0.3, -0.25) is 0 Å². The minimum atomic E-state index is 0.692. The number of hydrogen-bond donors (Lipinski definition) is 1. The van der Waals surface area contributed by atoms with Gasteiger partial charge in [-0.1, -0.05) is 54.2 Å². The van der Waals surface area contributed by atoms with Gasteiger partial charge in [0, 0.05) is 15.4 Å². The summed E-state index contributed by atoms with van der Waals surface area (Å²) in [5, 5.41) is 13.0. The van der Waals surface area contributed by atoms with Gasteiger partial charge in [-0.2, -0.15) is 5.26 Å². The van der Waals surface area contributed by atoms with E-state index >= 15 is 0 Å². The van der Waals surface area contributed by atoms with Crippen molar-refractivity contribution in [2.45, 2.75) is 9.79 Å². The van der Waals surface area contributed by atoms with Gasteiger partial charge in [0.05, 0.1) is 23.0 Å². The van der Waals surface area contributed by atoms with E-state index in [-0.39, 0.29) is 0 Å². The van der Waals surface area contributed by atoms with E-state index in [9.17, 15) is 5.26 Å². The molecule has 1 N–H and O–H groups in total. The van der Waals surface area contributed by atoms with E-state index < -0.39 is 0 Å². The maximum atomic E-state index is 9.49. The molecule has 2 nitrogen and oxygen atoms in total. The zero-order chi connectivity index (χ0) is 14.9. The van der Waals surface area contributed by atoms with Crippen molar-refractivity contribution in [1.82, 2.24) is 0 Å². The monoisotopic (exact) mass is 300 g/mol. The Kier molecular flexibility index (Phi) is 3.10. The number of rotatable bonds is 1. The Bertz CT molecular complexity index is 895. The van der Waals surface area contributed by atoms with Crippen molar-refractivity contribution in [1.29, 1.82) is 5.26 Å². The summed E-state index contributed by atoms with van der Waals surface area (Å²) in [6.07, 6.45) is 0. The lowest BCUT2D eigenvalue weighted by Crippen LogP contribution is -2.03. The van der Waals surface area contributed by atoms with Crippen molar-refractivity contribution in [2.24, 2.45) is 0 Å². The van der Waals surface area contributed by atoms with Crippen molar-refractivity contribution in [3.8, 4) is 17.2 Å². The largest absolute Gasteiger partial charge is 0.353 e. The van der Waals surface area contributed by atoms with Crippen LogP contribution in [-0.4, -0.2) is 0 Å². The Morgan fingerprint density at radius 2 is 1.59 bits per heavy atom. The first-order valence-corrected chi connectivity index (χ1v) is 7.85. The second kappa shape index (κ2) is 5.25. The minimum Gasteiger partial charge on any atom is -0.353 e. The summed E-state index contributed by atoms with van der Waals surface area (Å²) in [7, 11) is 0. The number of hydrogen-bond acceptors (Lipinski definition) is 3. The topological polar surface area (TPSA) is 35.8 Å². The molecular formula is C19H12N2S. The number of benzene rings is 3. The van der Waals surface area contributed by atoms with E-state index in [1.54, 1.807) is 11.8 Å². The molecule has 4 rings (SSSR count). The van der Waals surface area contributed by atoms with Crippen LogP contribution in [0, 0.1) is 11.3 Å². The van der Waals surface area contributed by atoms with E-state index in [1.807, 2.05) is 54.6 Å². The van der Waals surface area contributed by atoms with Crippen LogP contribution in [0.4, 0.5) is 11.4 Å². The minimum absolute atomic E-state index is 0.692. The fourth-order valence-corrected chi connectivity index (χ4v) is 3.71. The van der Waals surface area contributed by atoms with Crippen LogP contribution in [0.25, 0.3) is 11.1 Å². The van der Waals surface area contributed by atoms with Gasteiger partial charge in [-0.15, -0.1) is 0 Å². The van der Waals surface area contributed by atoms with Crippen molar-refractivity contribution < 1.29 is 0 Å². The summed E-state index contributed by atoms with van der Waals surface area (Å²) in [4.78, 5) is 2.36. The molecular weight excluding hydrogens is 288 g/mol. The smallest absolute Gasteiger partial charge is 0.0998 e. The summed E-state index contributed by atoms with van der Waals surface area (Å²) in [5.74, 6) is 0. The highest BCUT2D eigenvalue weighted by molar-refractivity contribution is 7.99. The third kappa shape index (κ3) is 2.05. The number of anilines is 2. The number of nitrogens with one attached hydrogen (secondary N) is 1. The highest BCUT2D eigenvalue weighted by atomic mass is 32.2. The van der Waals surface area contributed by atoms with Crippen LogP contribution >= 0.6 is 11.8 Å². The van der Waals surface area contributed by atoms with Crippen LogP contribution in [0.1, 0.15) is 5.56 Å². The van der Waals surface area contributed by atoms with Gasteiger partial charge in [0.1, 0.15) is 0 Å². The number of fused-ring (bicyclic) bond motifs is 2. The van der Waals surface area contributed by atoms with E-state index in [2.05, 4.69) is 23.5 Å². The standard InChI is InChI=1S/C19H12N2S/c20-12-14-10-11-17-19(18(14)13-6-2-1-3-7-13)21-15-8-4-5-9-16(15)22-17/h1-11,21H. The van der Waals surface area contributed by atoms with E-state index in [0.29, 0.717) is 5.56 Å². The average molecular weight is 300 g/mol. The predicted molar refractivity (Wildman–Crippen MR) is 90.4 cm³/mol. The lowest BCUT2D eigenvalue weighted by atomic mass is 9.98. The first kappa shape index (κ1) is 13.0. The molecule has 0 aliphatic carbocycles. The van der Waals surface area contributed by atoms with Crippen LogP contribution < -0.4 is 5.32 Å². The van der Waals surface area contributed by atoms with E-state index in [4.69, 9.17) is 0 Å². The number of nitriles is 1. The van der Waals surface area contributed by atoms with Crippen LogP contribution in [0.3, 0.4) is 0 Å². The molecule has 0 aromatic heterocycles. The second-order valence-electron chi connectivity index (χ2n) is 5.06. The van der Waals surface area contributed by atoms with Crippen LogP contribution in [0.2, 0.25) is 0 Å². The van der Waals surface area contributed by atoms with E-state index in [1.165, 1.54) is 4.90 Å². The summed E-state index contributed by atoms with van der Waals surface area (Å²) in [5.41, 5.74) is 4.84. The van der Waals surface area contributed by atoms with Crippen molar-refractivity contribution in [3.63, 3.8) is 0 Å². The highest BCUT2D eigenvalue weighted by Gasteiger charge is 2.21. The Balaban J connectivity index is 1.95. The maximum Gasteiger partial charge on any atom is 0.0998 e. The first-order chi connectivity index (χ1) is 10.9. The molecule has 0 radical (unpaired) electrons. The normalized spacial score (nSPS) is 11.8. The Morgan fingerprint density at radius 3 is 2.41 bits per heavy atom. The zero-order valence-corrected chi connectivity index (χ0v) is 12.5. The summed E-state index contributed by atoms with van der Waals surface area (Å²) in [6, 6.07) is 24.6. The molecule has 1 heterocycles. The highest BCUT2D eigenvalue weighted by Crippen LogP contribution is 2.48. The van der Waals surface area contributed by atoms with Gasteiger partial charge in [0.25, 0.3) is 0 Å². The van der Waals surface area contributed by atoms with E-state index in [0.717, 1.165) is 27.4 Å². The fourth-order valence-electron chi connectivity index (χ4n) is 2.70. The Hall–Kier alpha value is -2.70. The second-order valence-corrected chi connectivity index (χ2v) is 6.15. The zero-order valence-electron chi connectivity index (χ0n) is 11.7. The van der Waals surface area contributed by atoms with Gasteiger partial charge < -0.3 is 5.32 Å². The maximum absolute atomic E-state index is 9.49. The van der Waals surface area contributed by atoms with Gasteiger partial charge in [-0.05, 0) is 29.8 Å². The average Bonchev–Trinajstić information content (AvgIpc) is 2.59. The molecule has 3 heteroatoms. The quantitative estimate of drug-likeness (QED) is 0.509. The molecule has 0 saturated heterocycles. The lowest BCUT2D eigenvalue weighted by molar-refractivity contribution is 1.30. The van der Waals surface area contributed by atoms with Gasteiger partial charge >= 0.3 is 0 Å². The van der Waals surface area contributed by atoms with Gasteiger partial charge in [-0.25, -0.2) is 0 Å². The molecule has 22 heavy (non-hydrogen) atoms. The van der Waals surface area contributed by atoms with Crippen LogP contribution in [0.15, 0.2) is 76.5 Å². The van der Waals surface area contributed by atoms with Gasteiger partial charge in [0.2, 0.25) is 0 Å². The molecule has 3 aromatic rings. The van der Waals surface area contributed by atoms with Crippen LogP contribution in [0.5, 0.6) is 0 Å². The summed E-state index contributed by atoms with van der Waals surface area (Å²) >= 11 is 1.74. The lowest BCUT2D eigenvalue weighted by Gasteiger charge is -2.24. The molecule has 0 spiro atoms. The predicted octanol–water partition coefficient (Wildman–Crippen LogP) is 5.43. The fraction of sp³-hybridized carbons (Fsp3) is 0. The van der Waals surface area contributed by atoms with Crippen LogP contribution in [-0.2, 0) is 0 Å². The Labute approximate surface area is 133 Å². The SMILES string of the molecule is N#Cc1ccc2c(c1-c1ccccc1)Nc1ccccc1S2. The molecule has 0 amide bonds. The number of nitrogens with zero attached hydrogens (tertiary/aromatic N) is 1. The number of para-hydroxylation sites is 1. The van der Waals surface area contributed by atoms with Crippen molar-refractivity contribution in [2.75, 3.05) is 5.32 Å². The molecule has 0 unspecified atom stereocenters. The summed E-state index contributed by atoms with van der Waals surface area (Å²) < 4.78 is 0.